The summed E-state index contributed by atoms with van der Waals surface area (Å²) in [6.45, 7) is 4.58. The van der Waals surface area contributed by atoms with E-state index in [4.69, 9.17) is 21.3 Å². The fraction of sp³-hybridized carbons (Fsp3) is 0.452. The highest BCUT2D eigenvalue weighted by Gasteiger charge is 2.37. The summed E-state index contributed by atoms with van der Waals surface area (Å²) in [5.41, 5.74) is 4.87. The molecular formula is C31H36ClN5O3. The SMILES string of the molecule is Cn1cncc1[C@H](O)C1=Cc2cccnc2[C@@H](N2CCN(C(=O)OC3(C)CCCCC3)CC2)c2ccc(Cl)cc21. The molecule has 2 atom stereocenters. The van der Waals surface area contributed by atoms with Crippen LogP contribution in [0.1, 0.15) is 79.3 Å². The van der Waals surface area contributed by atoms with Gasteiger partial charge in [-0.1, -0.05) is 30.2 Å². The number of aliphatic hydroxyl groups is 1. The largest absolute Gasteiger partial charge is 0.443 e. The summed E-state index contributed by atoms with van der Waals surface area (Å²) < 4.78 is 7.86. The van der Waals surface area contributed by atoms with Crippen molar-refractivity contribution in [2.24, 2.45) is 7.05 Å². The summed E-state index contributed by atoms with van der Waals surface area (Å²) in [6.07, 6.45) is 11.4. The number of amides is 1. The lowest BCUT2D eigenvalue weighted by Gasteiger charge is -2.41. The number of halogens is 1. The van der Waals surface area contributed by atoms with E-state index in [1.165, 1.54) is 6.42 Å². The molecule has 0 radical (unpaired) electrons. The van der Waals surface area contributed by atoms with Gasteiger partial charge in [0.1, 0.15) is 11.7 Å². The Labute approximate surface area is 240 Å². The summed E-state index contributed by atoms with van der Waals surface area (Å²) in [7, 11) is 1.87. The first-order valence-corrected chi connectivity index (χ1v) is 14.5. The number of rotatable bonds is 4. The van der Waals surface area contributed by atoms with Crippen molar-refractivity contribution in [1.82, 2.24) is 24.3 Å². The zero-order valence-electron chi connectivity index (χ0n) is 23.1. The second-order valence-corrected chi connectivity index (χ2v) is 11.9. The smallest absolute Gasteiger partial charge is 0.410 e. The molecule has 1 N–H and O–H groups in total. The van der Waals surface area contributed by atoms with Crippen LogP contribution in [0.15, 0.2) is 49.1 Å². The molecule has 1 amide bonds. The van der Waals surface area contributed by atoms with E-state index in [-0.39, 0.29) is 17.7 Å². The molecule has 9 heteroatoms. The third-order valence-corrected chi connectivity index (χ3v) is 8.91. The van der Waals surface area contributed by atoms with Gasteiger partial charge in [0.05, 0.1) is 30.0 Å². The molecular weight excluding hydrogens is 526 g/mol. The van der Waals surface area contributed by atoms with Crippen LogP contribution in [-0.2, 0) is 11.8 Å². The maximum Gasteiger partial charge on any atom is 0.410 e. The Bertz CT molecular complexity index is 1420. The topological polar surface area (TPSA) is 83.7 Å². The maximum absolute atomic E-state index is 13.1. The second kappa shape index (κ2) is 11.0. The molecule has 2 fully saturated rings. The van der Waals surface area contributed by atoms with E-state index >= 15 is 0 Å². The zero-order valence-corrected chi connectivity index (χ0v) is 23.8. The minimum absolute atomic E-state index is 0.162. The molecule has 3 aliphatic rings. The fourth-order valence-electron chi connectivity index (χ4n) is 6.42. The van der Waals surface area contributed by atoms with Gasteiger partial charge in [-0.15, -0.1) is 0 Å². The van der Waals surface area contributed by atoms with Gasteiger partial charge in [-0.3, -0.25) is 9.88 Å². The van der Waals surface area contributed by atoms with Crippen LogP contribution in [0.3, 0.4) is 0 Å². The Hall–Kier alpha value is -3.20. The van der Waals surface area contributed by atoms with Crippen LogP contribution in [0.4, 0.5) is 4.79 Å². The van der Waals surface area contributed by atoms with Gasteiger partial charge in [0.15, 0.2) is 0 Å². The van der Waals surface area contributed by atoms with Crippen molar-refractivity contribution in [2.75, 3.05) is 26.2 Å². The van der Waals surface area contributed by atoms with Gasteiger partial charge in [-0.05, 0) is 79.1 Å². The Morgan fingerprint density at radius 3 is 2.65 bits per heavy atom. The highest BCUT2D eigenvalue weighted by atomic mass is 35.5. The first-order chi connectivity index (χ1) is 19.3. The Morgan fingerprint density at radius 1 is 1.15 bits per heavy atom. The van der Waals surface area contributed by atoms with Crippen molar-refractivity contribution in [1.29, 1.82) is 0 Å². The van der Waals surface area contributed by atoms with E-state index in [1.807, 2.05) is 59.1 Å². The van der Waals surface area contributed by atoms with Crippen LogP contribution in [-0.4, -0.2) is 67.3 Å². The van der Waals surface area contributed by atoms with Crippen LogP contribution in [0, 0.1) is 0 Å². The average Bonchev–Trinajstić information content (AvgIpc) is 3.33. The predicted octanol–water partition coefficient (Wildman–Crippen LogP) is 5.62. The number of piperazine rings is 1. The molecule has 0 unspecified atom stereocenters. The van der Waals surface area contributed by atoms with Crippen molar-refractivity contribution in [3.8, 4) is 0 Å². The van der Waals surface area contributed by atoms with Gasteiger partial charge in [0, 0.05) is 44.4 Å². The molecule has 6 rings (SSSR count). The molecule has 0 spiro atoms. The van der Waals surface area contributed by atoms with Crippen molar-refractivity contribution < 1.29 is 14.6 Å². The summed E-state index contributed by atoms with van der Waals surface area (Å²) in [5.74, 6) is 0. The number of aromatic nitrogens is 3. The molecule has 2 aromatic heterocycles. The highest BCUT2D eigenvalue weighted by molar-refractivity contribution is 6.30. The van der Waals surface area contributed by atoms with E-state index in [1.54, 1.807) is 12.5 Å². The van der Waals surface area contributed by atoms with E-state index in [0.717, 1.165) is 53.6 Å². The monoisotopic (exact) mass is 561 g/mol. The molecule has 8 nitrogen and oxygen atoms in total. The zero-order chi connectivity index (χ0) is 27.9. The molecule has 0 bridgehead atoms. The molecule has 1 aromatic carbocycles. The first-order valence-electron chi connectivity index (χ1n) is 14.2. The number of aryl methyl sites for hydroxylation is 1. The fourth-order valence-corrected chi connectivity index (χ4v) is 6.59. The van der Waals surface area contributed by atoms with Gasteiger partial charge in [0.25, 0.3) is 0 Å². The summed E-state index contributed by atoms with van der Waals surface area (Å²) in [4.78, 5) is 26.4. The number of carbonyl (C=O) groups excluding carboxylic acids is 1. The van der Waals surface area contributed by atoms with E-state index in [2.05, 4.69) is 16.8 Å². The lowest BCUT2D eigenvalue weighted by molar-refractivity contribution is -0.0276. The van der Waals surface area contributed by atoms with Crippen molar-refractivity contribution in [3.05, 3.63) is 82.2 Å². The number of carbonyl (C=O) groups is 1. The molecule has 210 valence electrons. The van der Waals surface area contributed by atoms with Crippen LogP contribution < -0.4 is 0 Å². The number of hydrogen-bond donors (Lipinski definition) is 1. The van der Waals surface area contributed by atoms with Gasteiger partial charge in [0.2, 0.25) is 0 Å². The summed E-state index contributed by atoms with van der Waals surface area (Å²) in [6, 6.07) is 9.67. The number of aliphatic hydroxyl groups excluding tert-OH is 1. The maximum atomic E-state index is 13.1. The summed E-state index contributed by atoms with van der Waals surface area (Å²) >= 11 is 6.53. The predicted molar refractivity (Wildman–Crippen MR) is 155 cm³/mol. The lowest BCUT2D eigenvalue weighted by atomic mass is 9.86. The number of hydrogen-bond acceptors (Lipinski definition) is 6. The number of ether oxygens (including phenoxy) is 1. The van der Waals surface area contributed by atoms with E-state index in [0.29, 0.717) is 36.9 Å². The molecule has 2 aliphatic carbocycles. The number of nitrogens with zero attached hydrogens (tertiary/aromatic N) is 5. The third-order valence-electron chi connectivity index (χ3n) is 8.67. The number of imidazole rings is 1. The van der Waals surface area contributed by atoms with Gasteiger partial charge in [-0.2, -0.15) is 0 Å². The standard InChI is InChI=1S/C31H36ClN5O3/c1-31(10-4-3-5-11-31)40-30(39)37-15-13-36(14-16-37)28-23-9-8-22(32)18-24(23)25(17-21-7-6-12-34-27(21)28)29(38)26-19-33-20-35(26)2/h6-9,12,17-20,28-29,38H,3-5,10-11,13-16H2,1-2H3/t28-,29+/m0/s1. The Kier molecular flexibility index (Phi) is 7.42. The highest BCUT2D eigenvalue weighted by Crippen LogP contribution is 2.44. The number of pyridine rings is 1. The number of benzene rings is 1. The second-order valence-electron chi connectivity index (χ2n) is 11.4. The van der Waals surface area contributed by atoms with Crippen LogP contribution in [0.25, 0.3) is 11.6 Å². The van der Waals surface area contributed by atoms with Crippen LogP contribution in [0.5, 0.6) is 0 Å². The molecule has 1 saturated heterocycles. The van der Waals surface area contributed by atoms with E-state index in [9.17, 15) is 9.90 Å². The average molecular weight is 562 g/mol. The molecule has 1 aliphatic heterocycles. The Morgan fingerprint density at radius 2 is 1.93 bits per heavy atom. The minimum atomic E-state index is -0.899. The molecule has 1 saturated carbocycles. The first kappa shape index (κ1) is 27.0. The Balaban J connectivity index is 1.30. The van der Waals surface area contributed by atoms with E-state index < -0.39 is 6.10 Å². The quantitative estimate of drug-likeness (QED) is 0.445. The van der Waals surface area contributed by atoms with Crippen LogP contribution >= 0.6 is 11.6 Å². The van der Waals surface area contributed by atoms with Crippen molar-refractivity contribution in [3.63, 3.8) is 0 Å². The summed E-state index contributed by atoms with van der Waals surface area (Å²) in [5, 5.41) is 12.2. The lowest BCUT2D eigenvalue weighted by Crippen LogP contribution is -2.51. The molecule has 3 aromatic rings. The molecule has 40 heavy (non-hydrogen) atoms. The van der Waals surface area contributed by atoms with Crippen molar-refractivity contribution >= 4 is 29.3 Å². The van der Waals surface area contributed by atoms with Crippen LogP contribution in [0.2, 0.25) is 5.02 Å². The minimum Gasteiger partial charge on any atom is -0.443 e. The van der Waals surface area contributed by atoms with Gasteiger partial charge < -0.3 is 19.3 Å². The molecule has 3 heterocycles. The number of fused-ring (bicyclic) bond motifs is 2. The van der Waals surface area contributed by atoms with Gasteiger partial charge >= 0.3 is 6.09 Å². The van der Waals surface area contributed by atoms with Gasteiger partial charge in [-0.25, -0.2) is 9.78 Å². The normalized spacial score (nSPS) is 21.6. The third kappa shape index (κ3) is 5.16. The van der Waals surface area contributed by atoms with Crippen molar-refractivity contribution in [2.45, 2.75) is 56.8 Å².